The molecule has 0 nitrogen and oxygen atoms in total. The summed E-state index contributed by atoms with van der Waals surface area (Å²) >= 11 is 24.8. The first-order chi connectivity index (χ1) is 13.5. The van der Waals surface area contributed by atoms with Crippen LogP contribution < -0.4 is 0 Å². The molecule has 0 spiro atoms. The molecule has 0 aliphatic heterocycles. The zero-order chi connectivity index (χ0) is 19.4. The Labute approximate surface area is 182 Å². The van der Waals surface area contributed by atoms with Crippen molar-refractivity contribution in [2.24, 2.45) is 0 Å². The summed E-state index contributed by atoms with van der Waals surface area (Å²) in [6, 6.07) is 16.2. The molecule has 0 atom stereocenters. The molecule has 4 aromatic carbocycles. The van der Waals surface area contributed by atoms with Gasteiger partial charge in [-0.15, -0.1) is 0 Å². The third-order valence-electron chi connectivity index (χ3n) is 5.05. The van der Waals surface area contributed by atoms with Gasteiger partial charge in [0.25, 0.3) is 0 Å². The normalized spacial score (nSPS) is 13.9. The van der Waals surface area contributed by atoms with Crippen molar-refractivity contribution in [3.05, 3.63) is 90.9 Å². The number of halogens is 4. The molecule has 0 fully saturated rings. The zero-order valence-corrected chi connectivity index (χ0v) is 17.5. The Balaban J connectivity index is 1.70. The van der Waals surface area contributed by atoms with Crippen LogP contribution in [-0.4, -0.2) is 0 Å². The lowest BCUT2D eigenvalue weighted by Crippen LogP contribution is -1.89. The zero-order valence-electron chi connectivity index (χ0n) is 14.4. The van der Waals surface area contributed by atoms with E-state index in [2.05, 4.69) is 48.6 Å². The van der Waals surface area contributed by atoms with E-state index in [9.17, 15) is 0 Å². The quantitative estimate of drug-likeness (QED) is 0.224. The molecule has 0 saturated heterocycles. The Morgan fingerprint density at radius 2 is 0.536 bits per heavy atom. The minimum absolute atomic E-state index is 0.562. The van der Waals surface area contributed by atoms with Gasteiger partial charge in [-0.05, 0) is 92.3 Å². The molecule has 4 aromatic rings. The second-order valence-corrected chi connectivity index (χ2v) is 8.48. The van der Waals surface area contributed by atoms with Gasteiger partial charge in [-0.25, -0.2) is 0 Å². The standard InChI is InChI=1S/C24H12Cl4/c25-21-9-17-5-13-1-2-14-6-18-10-22(26)24(28)12-20(18)8-16(14)4-3-15(13)7-19(17)11-23(21)27/h1-12H/b2-1-,4-3?,13-1?,14-2?,15-3?,16-4?. The highest BCUT2D eigenvalue weighted by Crippen LogP contribution is 2.34. The average molecular weight is 442 g/mol. The van der Waals surface area contributed by atoms with Gasteiger partial charge in [0.15, 0.2) is 0 Å². The lowest BCUT2D eigenvalue weighted by molar-refractivity contribution is 1.62. The average Bonchev–Trinajstić information content (AvgIpc) is 2.65. The molecule has 0 saturated carbocycles. The Kier molecular flexibility index (Phi) is 4.41. The molecule has 0 bridgehead atoms. The van der Waals surface area contributed by atoms with Crippen LogP contribution in [0.15, 0.2) is 48.5 Å². The van der Waals surface area contributed by atoms with Gasteiger partial charge in [-0.2, -0.15) is 0 Å². The van der Waals surface area contributed by atoms with Gasteiger partial charge in [-0.1, -0.05) is 70.7 Å². The summed E-state index contributed by atoms with van der Waals surface area (Å²) in [5, 5.41) is 6.50. The van der Waals surface area contributed by atoms with E-state index in [1.54, 1.807) is 0 Å². The molecule has 0 heterocycles. The Bertz CT molecular complexity index is 1140. The molecule has 0 radical (unpaired) electrons. The van der Waals surface area contributed by atoms with Crippen LogP contribution in [0.5, 0.6) is 0 Å². The number of hydrogen-bond donors (Lipinski definition) is 0. The first-order valence-corrected chi connectivity index (χ1v) is 10.2. The Hall–Kier alpha value is -1.96. The SMILES string of the molecule is Clc1cc2cc3c(cc2cc1Cl)/C=C\c1cc2cc(Cl)c(Cl)cc2cc1C=C3. The van der Waals surface area contributed by atoms with Crippen LogP contribution in [0.4, 0.5) is 0 Å². The number of fused-ring (bicyclic) bond motifs is 4. The maximum atomic E-state index is 6.19. The van der Waals surface area contributed by atoms with Crippen molar-refractivity contribution >= 4 is 92.3 Å². The number of benzene rings is 4. The summed E-state index contributed by atoms with van der Waals surface area (Å²) in [6.07, 6.45) is 8.51. The van der Waals surface area contributed by atoms with Crippen molar-refractivity contribution in [3.8, 4) is 0 Å². The van der Waals surface area contributed by atoms with Crippen LogP contribution >= 0.6 is 46.4 Å². The summed E-state index contributed by atoms with van der Waals surface area (Å²) in [5.74, 6) is 0. The topological polar surface area (TPSA) is 0 Å². The molecule has 136 valence electrons. The second-order valence-electron chi connectivity index (χ2n) is 6.86. The smallest absolute Gasteiger partial charge is 0.0598 e. The van der Waals surface area contributed by atoms with E-state index in [1.807, 2.05) is 24.3 Å². The van der Waals surface area contributed by atoms with E-state index in [0.717, 1.165) is 43.8 Å². The second kappa shape index (κ2) is 6.83. The van der Waals surface area contributed by atoms with E-state index in [-0.39, 0.29) is 0 Å². The third kappa shape index (κ3) is 3.11. The van der Waals surface area contributed by atoms with Gasteiger partial charge < -0.3 is 0 Å². The molecule has 5 rings (SSSR count). The van der Waals surface area contributed by atoms with Gasteiger partial charge in [0.05, 0.1) is 20.1 Å². The van der Waals surface area contributed by atoms with E-state index < -0.39 is 0 Å². The molecule has 0 N–H and O–H groups in total. The van der Waals surface area contributed by atoms with Gasteiger partial charge >= 0.3 is 0 Å². The predicted molar refractivity (Wildman–Crippen MR) is 126 cm³/mol. The molecule has 1 aliphatic rings. The van der Waals surface area contributed by atoms with Crippen molar-refractivity contribution in [2.45, 2.75) is 0 Å². The lowest BCUT2D eigenvalue weighted by atomic mass is 9.94. The highest BCUT2D eigenvalue weighted by Gasteiger charge is 2.09. The maximum Gasteiger partial charge on any atom is 0.0598 e. The highest BCUT2D eigenvalue weighted by molar-refractivity contribution is 6.43. The fourth-order valence-corrected chi connectivity index (χ4v) is 4.28. The van der Waals surface area contributed by atoms with Crippen molar-refractivity contribution in [3.63, 3.8) is 0 Å². The van der Waals surface area contributed by atoms with Crippen LogP contribution in [0, 0.1) is 0 Å². The summed E-state index contributed by atoms with van der Waals surface area (Å²) in [7, 11) is 0. The van der Waals surface area contributed by atoms with Crippen molar-refractivity contribution in [1.29, 1.82) is 0 Å². The molecular weight excluding hydrogens is 430 g/mol. The minimum atomic E-state index is 0.562. The molecule has 1 aliphatic carbocycles. The fraction of sp³-hybridized carbons (Fsp3) is 0. The van der Waals surface area contributed by atoms with Crippen molar-refractivity contribution < 1.29 is 0 Å². The van der Waals surface area contributed by atoms with Crippen LogP contribution in [0.25, 0.3) is 45.8 Å². The lowest BCUT2D eigenvalue weighted by Gasteiger charge is -2.12. The van der Waals surface area contributed by atoms with Gasteiger partial charge in [0, 0.05) is 0 Å². The molecule has 0 unspecified atom stereocenters. The molecule has 0 aromatic heterocycles. The van der Waals surface area contributed by atoms with Crippen molar-refractivity contribution in [2.75, 3.05) is 0 Å². The summed E-state index contributed by atoms with van der Waals surface area (Å²) < 4.78 is 0. The highest BCUT2D eigenvalue weighted by atomic mass is 35.5. The Morgan fingerprint density at radius 1 is 0.321 bits per heavy atom. The van der Waals surface area contributed by atoms with Crippen LogP contribution in [0.1, 0.15) is 22.3 Å². The van der Waals surface area contributed by atoms with E-state index in [0.29, 0.717) is 20.1 Å². The molecule has 4 heteroatoms. The number of hydrogen-bond acceptors (Lipinski definition) is 0. The van der Waals surface area contributed by atoms with E-state index >= 15 is 0 Å². The van der Waals surface area contributed by atoms with Crippen LogP contribution in [0.2, 0.25) is 20.1 Å². The summed E-state index contributed by atoms with van der Waals surface area (Å²) in [5.41, 5.74) is 4.51. The van der Waals surface area contributed by atoms with E-state index in [1.165, 1.54) is 0 Å². The molecule has 0 amide bonds. The minimum Gasteiger partial charge on any atom is -0.0827 e. The fourth-order valence-electron chi connectivity index (χ4n) is 3.60. The summed E-state index contributed by atoms with van der Waals surface area (Å²) in [6.45, 7) is 0. The van der Waals surface area contributed by atoms with E-state index in [4.69, 9.17) is 46.4 Å². The summed E-state index contributed by atoms with van der Waals surface area (Å²) in [4.78, 5) is 0. The van der Waals surface area contributed by atoms with Gasteiger partial charge in [-0.3, -0.25) is 0 Å². The Morgan fingerprint density at radius 3 is 0.750 bits per heavy atom. The first-order valence-electron chi connectivity index (χ1n) is 8.70. The van der Waals surface area contributed by atoms with Crippen LogP contribution in [-0.2, 0) is 0 Å². The molecular formula is C24H12Cl4. The monoisotopic (exact) mass is 440 g/mol. The molecule has 28 heavy (non-hydrogen) atoms. The first kappa shape index (κ1) is 18.1. The largest absolute Gasteiger partial charge is 0.0827 e. The van der Waals surface area contributed by atoms with Crippen LogP contribution in [0.3, 0.4) is 0 Å². The predicted octanol–water partition coefficient (Wildman–Crippen LogP) is 9.26. The van der Waals surface area contributed by atoms with Gasteiger partial charge in [0.1, 0.15) is 0 Å². The maximum absolute atomic E-state index is 6.19. The van der Waals surface area contributed by atoms with Crippen molar-refractivity contribution in [1.82, 2.24) is 0 Å². The number of rotatable bonds is 0. The third-order valence-corrected chi connectivity index (χ3v) is 6.49. The van der Waals surface area contributed by atoms with Gasteiger partial charge in [0.2, 0.25) is 0 Å².